The van der Waals surface area contributed by atoms with Crippen LogP contribution in [-0.2, 0) is 19.6 Å². The summed E-state index contributed by atoms with van der Waals surface area (Å²) in [6.07, 6.45) is 0. The molecule has 0 aliphatic carbocycles. The summed E-state index contributed by atoms with van der Waals surface area (Å²) in [6.45, 7) is -0.668. The average Bonchev–Trinajstić information content (AvgIpc) is 2.72. The van der Waals surface area contributed by atoms with Crippen molar-refractivity contribution < 1.29 is 23.1 Å². The highest BCUT2D eigenvalue weighted by molar-refractivity contribution is 9.11. The number of thiophene rings is 1. The Morgan fingerprint density at radius 1 is 1.65 bits per heavy atom. The van der Waals surface area contributed by atoms with E-state index in [0.717, 1.165) is 18.4 Å². The summed E-state index contributed by atoms with van der Waals surface area (Å²) in [6, 6.07) is 1.67. The number of esters is 1. The summed E-state index contributed by atoms with van der Waals surface area (Å²) in [5.74, 6) is -0.841. The molecule has 1 aromatic heterocycles. The predicted molar refractivity (Wildman–Crippen MR) is 65.2 cm³/mol. The second-order valence-electron chi connectivity index (χ2n) is 2.94. The number of sulfonamides is 1. The van der Waals surface area contributed by atoms with Gasteiger partial charge in [0.05, 0.1) is 17.5 Å². The Balaban J connectivity index is 2.89. The Labute approximate surface area is 111 Å². The molecule has 0 aliphatic rings. The number of hydrogen-bond acceptors (Lipinski definition) is 6. The van der Waals surface area contributed by atoms with Crippen LogP contribution in [0.4, 0.5) is 0 Å². The molecule has 0 bridgehead atoms. The van der Waals surface area contributed by atoms with Crippen molar-refractivity contribution in [2.24, 2.45) is 0 Å². The first-order valence-electron chi connectivity index (χ1n) is 4.37. The molecule has 2 N–H and O–H groups in total. The van der Waals surface area contributed by atoms with Crippen LogP contribution in [-0.4, -0.2) is 39.3 Å². The zero-order chi connectivity index (χ0) is 13.1. The average molecular weight is 344 g/mol. The van der Waals surface area contributed by atoms with Gasteiger partial charge in [-0.1, -0.05) is 0 Å². The molecule has 0 aromatic carbocycles. The molecule has 17 heavy (non-hydrogen) atoms. The molecule has 1 aromatic rings. The normalized spacial score (nSPS) is 13.4. The number of methoxy groups -OCH3 is 1. The molecule has 6 nitrogen and oxygen atoms in total. The number of halogens is 1. The monoisotopic (exact) mass is 343 g/mol. The molecule has 1 rings (SSSR count). The van der Waals surface area contributed by atoms with Gasteiger partial charge in [-0.3, -0.25) is 4.79 Å². The van der Waals surface area contributed by atoms with Gasteiger partial charge in [0.25, 0.3) is 10.0 Å². The fourth-order valence-corrected chi connectivity index (χ4v) is 4.19. The maximum absolute atomic E-state index is 11.8. The maximum atomic E-state index is 11.8. The highest BCUT2D eigenvalue weighted by Gasteiger charge is 2.26. The van der Waals surface area contributed by atoms with Gasteiger partial charge in [0.2, 0.25) is 0 Å². The van der Waals surface area contributed by atoms with Crippen LogP contribution in [0.25, 0.3) is 0 Å². The van der Waals surface area contributed by atoms with Crippen LogP contribution in [0.2, 0.25) is 0 Å². The first-order chi connectivity index (χ1) is 7.90. The standard InChI is InChI=1S/C8H10BrNO5S2/c1-15-8(12)5(4-11)10-17(13,14)7-3-2-6(9)16-7/h2-3,5,10-11H,4H2,1H3. The molecular formula is C8H10BrNO5S2. The highest BCUT2D eigenvalue weighted by Crippen LogP contribution is 2.25. The number of carbonyl (C=O) groups excluding carboxylic acids is 1. The number of aliphatic hydroxyl groups excluding tert-OH is 1. The number of ether oxygens (including phenoxy) is 1. The van der Waals surface area contributed by atoms with Crippen LogP contribution >= 0.6 is 27.3 Å². The van der Waals surface area contributed by atoms with E-state index in [1.54, 1.807) is 6.07 Å². The summed E-state index contributed by atoms with van der Waals surface area (Å²) < 4.78 is 30.7. The van der Waals surface area contributed by atoms with Crippen molar-refractivity contribution >= 4 is 43.3 Å². The van der Waals surface area contributed by atoms with E-state index >= 15 is 0 Å². The lowest BCUT2D eigenvalue weighted by atomic mass is 10.3. The van der Waals surface area contributed by atoms with Crippen LogP contribution in [0, 0.1) is 0 Å². The number of aliphatic hydroxyl groups is 1. The number of nitrogens with one attached hydrogen (secondary N) is 1. The Kier molecular flexibility index (Phi) is 5.07. The van der Waals surface area contributed by atoms with E-state index < -0.39 is 28.6 Å². The van der Waals surface area contributed by atoms with Gasteiger partial charge in [0.15, 0.2) is 0 Å². The third-order valence-corrected chi connectivity index (χ3v) is 5.37. The van der Waals surface area contributed by atoms with Crippen molar-refractivity contribution in [1.29, 1.82) is 0 Å². The molecule has 0 spiro atoms. The topological polar surface area (TPSA) is 92.7 Å². The van der Waals surface area contributed by atoms with E-state index in [2.05, 4.69) is 25.4 Å². The molecule has 96 valence electrons. The quantitative estimate of drug-likeness (QED) is 0.751. The van der Waals surface area contributed by atoms with Crippen molar-refractivity contribution in [2.45, 2.75) is 10.3 Å². The lowest BCUT2D eigenvalue weighted by Crippen LogP contribution is -2.43. The molecule has 1 atom stereocenters. The molecule has 0 saturated heterocycles. The first kappa shape index (κ1) is 14.6. The van der Waals surface area contributed by atoms with E-state index in [-0.39, 0.29) is 4.21 Å². The van der Waals surface area contributed by atoms with Crippen LogP contribution in [0.3, 0.4) is 0 Å². The zero-order valence-electron chi connectivity index (χ0n) is 8.71. The Bertz CT molecular complexity index is 498. The van der Waals surface area contributed by atoms with Crippen molar-refractivity contribution in [3.05, 3.63) is 15.9 Å². The van der Waals surface area contributed by atoms with Gasteiger partial charge in [-0.25, -0.2) is 8.42 Å². The lowest BCUT2D eigenvalue weighted by Gasteiger charge is -2.12. The van der Waals surface area contributed by atoms with Gasteiger partial charge in [0, 0.05) is 0 Å². The second-order valence-corrected chi connectivity index (χ2v) is 7.34. The van der Waals surface area contributed by atoms with E-state index in [9.17, 15) is 13.2 Å². The molecule has 9 heteroatoms. The minimum absolute atomic E-state index is 0.0479. The van der Waals surface area contributed by atoms with Crippen LogP contribution in [0.15, 0.2) is 20.1 Å². The third-order valence-electron chi connectivity index (χ3n) is 1.78. The van der Waals surface area contributed by atoms with Gasteiger partial charge in [-0.2, -0.15) is 4.72 Å². The van der Waals surface area contributed by atoms with Crippen LogP contribution in [0.5, 0.6) is 0 Å². The van der Waals surface area contributed by atoms with E-state index in [0.29, 0.717) is 3.79 Å². The number of carbonyl (C=O) groups is 1. The molecule has 0 saturated carbocycles. The third kappa shape index (κ3) is 3.75. The van der Waals surface area contributed by atoms with Gasteiger partial charge in [-0.05, 0) is 28.1 Å². The zero-order valence-corrected chi connectivity index (χ0v) is 11.9. The number of rotatable bonds is 5. The first-order valence-corrected chi connectivity index (χ1v) is 7.46. The minimum atomic E-state index is -3.83. The largest absolute Gasteiger partial charge is 0.468 e. The molecule has 1 heterocycles. The molecule has 0 radical (unpaired) electrons. The Morgan fingerprint density at radius 3 is 2.71 bits per heavy atom. The van der Waals surface area contributed by atoms with Gasteiger partial charge < -0.3 is 9.84 Å². The van der Waals surface area contributed by atoms with E-state index in [1.807, 2.05) is 0 Å². The Hall–Kier alpha value is -0.480. The van der Waals surface area contributed by atoms with Crippen molar-refractivity contribution in [3.8, 4) is 0 Å². The maximum Gasteiger partial charge on any atom is 0.326 e. The fraction of sp³-hybridized carbons (Fsp3) is 0.375. The molecule has 0 fully saturated rings. The smallest absolute Gasteiger partial charge is 0.326 e. The van der Waals surface area contributed by atoms with Crippen molar-refractivity contribution in [2.75, 3.05) is 13.7 Å². The van der Waals surface area contributed by atoms with E-state index in [1.165, 1.54) is 6.07 Å². The lowest BCUT2D eigenvalue weighted by molar-refractivity contribution is -0.143. The van der Waals surface area contributed by atoms with Crippen molar-refractivity contribution in [3.63, 3.8) is 0 Å². The molecular weight excluding hydrogens is 334 g/mol. The highest BCUT2D eigenvalue weighted by atomic mass is 79.9. The van der Waals surface area contributed by atoms with Crippen LogP contribution in [0.1, 0.15) is 0 Å². The van der Waals surface area contributed by atoms with Gasteiger partial charge in [0.1, 0.15) is 10.3 Å². The van der Waals surface area contributed by atoms with Crippen LogP contribution < -0.4 is 4.72 Å². The summed E-state index contributed by atoms with van der Waals surface area (Å²) in [4.78, 5) is 11.1. The SMILES string of the molecule is COC(=O)C(CO)NS(=O)(=O)c1ccc(Br)s1. The fourth-order valence-electron chi connectivity index (χ4n) is 0.990. The molecule has 0 aliphatic heterocycles. The molecule has 0 amide bonds. The second kappa shape index (κ2) is 5.91. The summed E-state index contributed by atoms with van der Waals surface area (Å²) in [5, 5.41) is 8.91. The van der Waals surface area contributed by atoms with Crippen molar-refractivity contribution in [1.82, 2.24) is 4.72 Å². The van der Waals surface area contributed by atoms with E-state index in [4.69, 9.17) is 5.11 Å². The van der Waals surface area contributed by atoms with Gasteiger partial charge >= 0.3 is 5.97 Å². The van der Waals surface area contributed by atoms with Gasteiger partial charge in [-0.15, -0.1) is 11.3 Å². The predicted octanol–water partition coefficient (Wildman–Crippen LogP) is 0.323. The number of hydrogen-bond donors (Lipinski definition) is 2. The summed E-state index contributed by atoms with van der Waals surface area (Å²) >= 11 is 4.13. The molecule has 1 unspecified atom stereocenters. The summed E-state index contributed by atoms with van der Waals surface area (Å²) in [5.41, 5.74) is 0. The summed E-state index contributed by atoms with van der Waals surface area (Å²) in [7, 11) is -2.72. The Morgan fingerprint density at radius 2 is 2.29 bits per heavy atom. The minimum Gasteiger partial charge on any atom is -0.468 e.